The summed E-state index contributed by atoms with van der Waals surface area (Å²) in [5, 5.41) is 0. The van der Waals surface area contributed by atoms with Gasteiger partial charge in [-0.2, -0.15) is 0 Å². The van der Waals surface area contributed by atoms with E-state index in [1.54, 1.807) is 0 Å². The smallest absolute Gasteiger partial charge is 0 e. The van der Waals surface area contributed by atoms with Gasteiger partial charge in [-0.3, -0.25) is 0 Å². The van der Waals surface area contributed by atoms with Gasteiger partial charge in [-0.15, -0.1) is 0 Å². The van der Waals surface area contributed by atoms with Gasteiger partial charge in [0.1, 0.15) is 0 Å². The average Bonchev–Trinajstić information content (AvgIpc) is 0. The Hall–Kier alpha value is 4.04. The molecule has 6 radical (unpaired) electrons. The first-order chi connectivity index (χ1) is 0. The third-order valence-corrected chi connectivity index (χ3v) is 0. The molecule has 0 unspecified atom stereocenters. The topological polar surface area (TPSA) is 0 Å². The Morgan fingerprint density at radius 1 is 1.00 bits per heavy atom. The van der Waals surface area contributed by atoms with E-state index in [2.05, 4.69) is 0 Å². The van der Waals surface area contributed by atoms with Gasteiger partial charge in [-0.25, -0.2) is 0 Å². The fraction of sp³-hybridized carbons (Fsp3) is 0. The molecule has 4 heteroatoms. The molecule has 10 valence electrons. The Morgan fingerprint density at radius 2 is 1.00 bits per heavy atom. The van der Waals surface area contributed by atoms with Crippen molar-refractivity contribution in [2.45, 2.75) is 0 Å². The van der Waals surface area contributed by atoms with Crippen molar-refractivity contribution in [3.63, 3.8) is 0 Å². The van der Waals surface area contributed by atoms with Crippen LogP contribution in [-0.2, 0) is 46.8 Å². The SMILES string of the molecule is [Ba].[Cd].[Pb].[Zn]. The van der Waals surface area contributed by atoms with Gasteiger partial charge in [0.2, 0.25) is 0 Å². The van der Waals surface area contributed by atoms with E-state index in [1.165, 1.54) is 0 Å². The van der Waals surface area contributed by atoms with Crippen molar-refractivity contribution in [3.8, 4) is 0 Å². The van der Waals surface area contributed by atoms with Gasteiger partial charge in [0.25, 0.3) is 0 Å². The van der Waals surface area contributed by atoms with Crippen LogP contribution in [0.25, 0.3) is 0 Å². The maximum atomic E-state index is 0. The Morgan fingerprint density at radius 3 is 1.00 bits per heavy atom. The molecule has 0 nitrogen and oxygen atoms in total. The van der Waals surface area contributed by atoms with Gasteiger partial charge in [-0.05, 0) is 0 Å². The van der Waals surface area contributed by atoms with E-state index in [0.717, 1.165) is 0 Å². The molecule has 0 amide bonds. The second kappa shape index (κ2) is 15.7. The van der Waals surface area contributed by atoms with Crippen LogP contribution in [0.15, 0.2) is 0 Å². The molecule has 0 atom stereocenters. The van der Waals surface area contributed by atoms with Crippen molar-refractivity contribution < 1.29 is 46.8 Å². The van der Waals surface area contributed by atoms with Gasteiger partial charge in [0, 0.05) is 123 Å². The summed E-state index contributed by atoms with van der Waals surface area (Å²) in [5.41, 5.74) is 0. The van der Waals surface area contributed by atoms with E-state index in [9.17, 15) is 0 Å². The van der Waals surface area contributed by atoms with Crippen LogP contribution in [0.3, 0.4) is 0 Å². The van der Waals surface area contributed by atoms with Crippen molar-refractivity contribution >= 4 is 76.2 Å². The number of hydrogen-bond acceptors (Lipinski definition) is 0. The predicted octanol–water partition coefficient (Wildman–Crippen LogP) is -0.767. The number of hydrogen-bond donors (Lipinski definition) is 0. The summed E-state index contributed by atoms with van der Waals surface area (Å²) in [6, 6.07) is 0. The third-order valence-electron chi connectivity index (χ3n) is 0. The standard InChI is InChI=1S/Ba.Cd.Pb.Zn. The van der Waals surface area contributed by atoms with Crippen LogP contribution in [-0.4, -0.2) is 76.2 Å². The average molecular weight is 522 g/mol. The van der Waals surface area contributed by atoms with Gasteiger partial charge >= 0.3 is 0 Å². The van der Waals surface area contributed by atoms with Crippen LogP contribution in [0.5, 0.6) is 0 Å². The van der Waals surface area contributed by atoms with E-state index < -0.39 is 0 Å². The first kappa shape index (κ1) is 24.4. The molecule has 0 aromatic heterocycles. The zero-order valence-electron chi connectivity index (χ0n) is 2.62. The summed E-state index contributed by atoms with van der Waals surface area (Å²) < 4.78 is 0. The van der Waals surface area contributed by atoms with Gasteiger partial charge in [0.15, 0.2) is 0 Å². The molecule has 0 fully saturated rings. The molecule has 0 aromatic rings. The minimum atomic E-state index is 0. The first-order valence-corrected chi connectivity index (χ1v) is 0. The second-order valence-corrected chi connectivity index (χ2v) is 0. The molecule has 0 bridgehead atoms. The monoisotopic (exact) mass is 524 g/mol. The largest absolute Gasteiger partial charge is 0 e. The van der Waals surface area contributed by atoms with Crippen LogP contribution >= 0.6 is 0 Å². The number of rotatable bonds is 0. The molecule has 0 aliphatic heterocycles. The van der Waals surface area contributed by atoms with Gasteiger partial charge in [0.05, 0.1) is 0 Å². The molecule has 0 spiro atoms. The van der Waals surface area contributed by atoms with E-state index in [-0.39, 0.29) is 123 Å². The van der Waals surface area contributed by atoms with E-state index >= 15 is 0 Å². The summed E-state index contributed by atoms with van der Waals surface area (Å²) in [6.07, 6.45) is 0. The maximum Gasteiger partial charge on any atom is 0 e. The van der Waals surface area contributed by atoms with Crippen LogP contribution in [0, 0.1) is 0 Å². The van der Waals surface area contributed by atoms with Crippen molar-refractivity contribution in [1.82, 2.24) is 0 Å². The van der Waals surface area contributed by atoms with Crippen molar-refractivity contribution in [2.75, 3.05) is 0 Å². The summed E-state index contributed by atoms with van der Waals surface area (Å²) in [6.45, 7) is 0. The van der Waals surface area contributed by atoms with E-state index in [4.69, 9.17) is 0 Å². The Kier molecular flexibility index (Phi) is 96.1. The van der Waals surface area contributed by atoms with E-state index in [1.807, 2.05) is 0 Å². The molecule has 0 heterocycles. The molecule has 4 heavy (non-hydrogen) atoms. The summed E-state index contributed by atoms with van der Waals surface area (Å²) in [5.74, 6) is 0. The summed E-state index contributed by atoms with van der Waals surface area (Å²) in [4.78, 5) is 0. The Balaban J connectivity index is 0. The zero-order chi connectivity index (χ0) is 0. The first-order valence-electron chi connectivity index (χ1n) is 0. The fourth-order valence-corrected chi connectivity index (χ4v) is 0. The normalized spacial score (nSPS) is 0. The molecule has 0 saturated carbocycles. The van der Waals surface area contributed by atoms with Crippen LogP contribution < -0.4 is 0 Å². The molecule has 0 aliphatic rings. The summed E-state index contributed by atoms with van der Waals surface area (Å²) >= 11 is 0. The zero-order valence-corrected chi connectivity index (χ0v) is 18.0. The minimum Gasteiger partial charge on any atom is 0 e. The van der Waals surface area contributed by atoms with Crippen molar-refractivity contribution in [3.05, 3.63) is 0 Å². The predicted molar refractivity (Wildman–Crippen MR) is 11.5 cm³/mol. The van der Waals surface area contributed by atoms with Crippen molar-refractivity contribution in [1.29, 1.82) is 0 Å². The Labute approximate surface area is 119 Å². The van der Waals surface area contributed by atoms with Crippen LogP contribution in [0.2, 0.25) is 0 Å². The molecule has 0 saturated heterocycles. The third kappa shape index (κ3) is 9.40. The second-order valence-electron chi connectivity index (χ2n) is 0. The Bertz CT molecular complexity index is 8.00. The molecule has 0 aromatic carbocycles. The quantitative estimate of drug-likeness (QED) is 0.367. The molecule has 0 rings (SSSR count). The van der Waals surface area contributed by atoms with Crippen molar-refractivity contribution in [2.24, 2.45) is 0 Å². The van der Waals surface area contributed by atoms with Crippen LogP contribution in [0.1, 0.15) is 0 Å². The summed E-state index contributed by atoms with van der Waals surface area (Å²) in [7, 11) is 0. The van der Waals surface area contributed by atoms with E-state index in [0.29, 0.717) is 0 Å². The molecular formula is BaCdPbZn. The fourth-order valence-electron chi connectivity index (χ4n) is 0. The maximum absolute atomic E-state index is 0. The van der Waals surface area contributed by atoms with Gasteiger partial charge < -0.3 is 0 Å². The van der Waals surface area contributed by atoms with Gasteiger partial charge in [-0.1, -0.05) is 0 Å². The van der Waals surface area contributed by atoms with Crippen LogP contribution in [0.4, 0.5) is 0 Å². The molecule has 0 N–H and O–H groups in total. The molecule has 0 aliphatic carbocycles. The molecular weight excluding hydrogens is 522 g/mol. The minimum absolute atomic E-state index is 0.